The number of aryl methyl sites for hydroxylation is 1. The van der Waals surface area contributed by atoms with Crippen LogP contribution in [-0.4, -0.2) is 25.8 Å². The number of hydrogen-bond acceptors (Lipinski definition) is 5. The van der Waals surface area contributed by atoms with Crippen LogP contribution in [0.3, 0.4) is 0 Å². The Morgan fingerprint density at radius 3 is 2.94 bits per heavy atom. The van der Waals surface area contributed by atoms with E-state index in [0.717, 1.165) is 12.4 Å². The Labute approximate surface area is 99.9 Å². The Balaban J connectivity index is 2.00. The van der Waals surface area contributed by atoms with Gasteiger partial charge in [0.1, 0.15) is 17.5 Å². The van der Waals surface area contributed by atoms with Crippen LogP contribution < -0.4 is 11.1 Å². The number of anilines is 2. The topological polar surface area (TPSA) is 81.6 Å². The first-order chi connectivity index (χ1) is 8.13. The molecule has 0 spiro atoms. The lowest BCUT2D eigenvalue weighted by Gasteiger charge is -2.14. The summed E-state index contributed by atoms with van der Waals surface area (Å²) in [5.41, 5.74) is 5.66. The molecule has 0 aliphatic rings. The monoisotopic (exact) mass is 232 g/mol. The molecule has 3 N–H and O–H groups in total. The van der Waals surface area contributed by atoms with E-state index in [-0.39, 0.29) is 6.04 Å². The lowest BCUT2D eigenvalue weighted by molar-refractivity contribution is 0.559. The van der Waals surface area contributed by atoms with Gasteiger partial charge in [0.15, 0.2) is 0 Å². The summed E-state index contributed by atoms with van der Waals surface area (Å²) in [5, 5.41) is 7.42. The predicted molar refractivity (Wildman–Crippen MR) is 66.5 cm³/mol. The van der Waals surface area contributed by atoms with Crippen molar-refractivity contribution in [1.82, 2.24) is 19.7 Å². The molecule has 17 heavy (non-hydrogen) atoms. The standard InChI is InChI=1S/C11H16N6/c1-8(7-17-5-3-4-13-17)14-11-6-10(12)15-9(2)16-11/h3-6,8H,7H2,1-2H3,(H3,12,14,15,16). The van der Waals surface area contributed by atoms with Crippen molar-refractivity contribution in [3.8, 4) is 0 Å². The Morgan fingerprint density at radius 1 is 1.47 bits per heavy atom. The maximum absolute atomic E-state index is 5.66. The van der Waals surface area contributed by atoms with Crippen molar-refractivity contribution in [2.75, 3.05) is 11.1 Å². The minimum atomic E-state index is 0.212. The molecule has 2 rings (SSSR count). The Hall–Kier alpha value is -2.11. The smallest absolute Gasteiger partial charge is 0.132 e. The number of rotatable bonds is 4. The van der Waals surface area contributed by atoms with Gasteiger partial charge in [0, 0.05) is 24.5 Å². The molecule has 1 atom stereocenters. The van der Waals surface area contributed by atoms with Gasteiger partial charge >= 0.3 is 0 Å². The number of nitrogens with two attached hydrogens (primary N) is 1. The van der Waals surface area contributed by atoms with Crippen LogP contribution >= 0.6 is 0 Å². The average Bonchev–Trinajstić information content (AvgIpc) is 2.67. The fraction of sp³-hybridized carbons (Fsp3) is 0.364. The first-order valence-corrected chi connectivity index (χ1v) is 5.48. The van der Waals surface area contributed by atoms with Gasteiger partial charge in [-0.25, -0.2) is 9.97 Å². The largest absolute Gasteiger partial charge is 0.384 e. The summed E-state index contributed by atoms with van der Waals surface area (Å²) in [5.74, 6) is 1.89. The van der Waals surface area contributed by atoms with Gasteiger partial charge in [-0.15, -0.1) is 0 Å². The normalized spacial score (nSPS) is 12.4. The molecule has 0 aliphatic carbocycles. The zero-order valence-electron chi connectivity index (χ0n) is 9.96. The van der Waals surface area contributed by atoms with E-state index >= 15 is 0 Å². The molecule has 0 fully saturated rings. The third-order valence-electron chi connectivity index (χ3n) is 2.27. The molecule has 0 radical (unpaired) electrons. The van der Waals surface area contributed by atoms with E-state index < -0.39 is 0 Å². The predicted octanol–water partition coefficient (Wildman–Crippen LogP) is 1.06. The SMILES string of the molecule is Cc1nc(N)cc(NC(C)Cn2cccn2)n1. The van der Waals surface area contributed by atoms with Crippen molar-refractivity contribution in [2.24, 2.45) is 0 Å². The molecular weight excluding hydrogens is 216 g/mol. The number of nitrogens with zero attached hydrogens (tertiary/aromatic N) is 4. The van der Waals surface area contributed by atoms with Crippen LogP contribution in [0.25, 0.3) is 0 Å². The van der Waals surface area contributed by atoms with Gasteiger partial charge < -0.3 is 11.1 Å². The Kier molecular flexibility index (Phi) is 3.22. The summed E-state index contributed by atoms with van der Waals surface area (Å²) >= 11 is 0. The number of nitrogen functional groups attached to an aromatic ring is 1. The van der Waals surface area contributed by atoms with E-state index in [0.29, 0.717) is 11.6 Å². The molecule has 2 aromatic rings. The molecule has 2 heterocycles. The summed E-state index contributed by atoms with van der Waals surface area (Å²) in [6.07, 6.45) is 3.69. The van der Waals surface area contributed by atoms with Crippen LogP contribution in [-0.2, 0) is 6.54 Å². The zero-order chi connectivity index (χ0) is 12.3. The quantitative estimate of drug-likeness (QED) is 0.823. The van der Waals surface area contributed by atoms with E-state index in [2.05, 4.69) is 27.3 Å². The van der Waals surface area contributed by atoms with Crippen LogP contribution in [0.4, 0.5) is 11.6 Å². The van der Waals surface area contributed by atoms with Gasteiger partial charge in [-0.2, -0.15) is 5.10 Å². The lowest BCUT2D eigenvalue weighted by atomic mass is 10.3. The maximum Gasteiger partial charge on any atom is 0.132 e. The van der Waals surface area contributed by atoms with Crippen LogP contribution in [0.15, 0.2) is 24.5 Å². The molecule has 0 aliphatic heterocycles. The van der Waals surface area contributed by atoms with E-state index in [9.17, 15) is 0 Å². The van der Waals surface area contributed by atoms with Crippen molar-refractivity contribution in [3.05, 3.63) is 30.4 Å². The molecule has 0 saturated carbocycles. The van der Waals surface area contributed by atoms with Crippen LogP contribution in [0.2, 0.25) is 0 Å². The summed E-state index contributed by atoms with van der Waals surface area (Å²) in [4.78, 5) is 8.30. The van der Waals surface area contributed by atoms with Crippen molar-refractivity contribution in [2.45, 2.75) is 26.4 Å². The van der Waals surface area contributed by atoms with Gasteiger partial charge in [0.2, 0.25) is 0 Å². The molecule has 90 valence electrons. The molecule has 6 heteroatoms. The minimum absolute atomic E-state index is 0.212. The summed E-state index contributed by atoms with van der Waals surface area (Å²) < 4.78 is 1.87. The molecule has 6 nitrogen and oxygen atoms in total. The molecule has 0 amide bonds. The van der Waals surface area contributed by atoms with Gasteiger partial charge in [0.05, 0.1) is 6.54 Å². The molecule has 0 aromatic carbocycles. The van der Waals surface area contributed by atoms with Crippen molar-refractivity contribution in [1.29, 1.82) is 0 Å². The average molecular weight is 232 g/mol. The molecule has 2 aromatic heterocycles. The number of hydrogen-bond donors (Lipinski definition) is 2. The van der Waals surface area contributed by atoms with E-state index in [1.807, 2.05) is 23.9 Å². The molecule has 0 bridgehead atoms. The fourth-order valence-electron chi connectivity index (χ4n) is 1.65. The van der Waals surface area contributed by atoms with Gasteiger partial charge in [-0.05, 0) is 19.9 Å². The van der Waals surface area contributed by atoms with Crippen molar-refractivity contribution < 1.29 is 0 Å². The highest BCUT2D eigenvalue weighted by molar-refractivity contribution is 5.44. The minimum Gasteiger partial charge on any atom is -0.384 e. The van der Waals surface area contributed by atoms with Gasteiger partial charge in [-0.3, -0.25) is 4.68 Å². The molecule has 0 saturated heterocycles. The summed E-state index contributed by atoms with van der Waals surface area (Å²) in [6, 6.07) is 3.84. The third kappa shape index (κ3) is 3.17. The second-order valence-corrected chi connectivity index (χ2v) is 4.00. The highest BCUT2D eigenvalue weighted by Crippen LogP contribution is 2.09. The van der Waals surface area contributed by atoms with E-state index in [4.69, 9.17) is 5.73 Å². The molecule has 1 unspecified atom stereocenters. The van der Waals surface area contributed by atoms with Crippen LogP contribution in [0, 0.1) is 6.92 Å². The van der Waals surface area contributed by atoms with E-state index in [1.54, 1.807) is 12.3 Å². The number of nitrogens with one attached hydrogen (secondary N) is 1. The Morgan fingerprint density at radius 2 is 2.29 bits per heavy atom. The fourth-order valence-corrected chi connectivity index (χ4v) is 1.65. The first-order valence-electron chi connectivity index (χ1n) is 5.48. The summed E-state index contributed by atoms with van der Waals surface area (Å²) in [6.45, 7) is 4.66. The second-order valence-electron chi connectivity index (χ2n) is 4.00. The highest BCUT2D eigenvalue weighted by Gasteiger charge is 2.05. The zero-order valence-corrected chi connectivity index (χ0v) is 9.96. The first kappa shape index (κ1) is 11.4. The van der Waals surface area contributed by atoms with Crippen LogP contribution in [0.5, 0.6) is 0 Å². The second kappa shape index (κ2) is 4.82. The highest BCUT2D eigenvalue weighted by atomic mass is 15.3. The van der Waals surface area contributed by atoms with Crippen molar-refractivity contribution in [3.63, 3.8) is 0 Å². The Bertz CT molecular complexity index is 458. The lowest BCUT2D eigenvalue weighted by Crippen LogP contribution is -2.23. The third-order valence-corrected chi connectivity index (χ3v) is 2.27. The number of aromatic nitrogens is 4. The maximum atomic E-state index is 5.66. The van der Waals surface area contributed by atoms with Gasteiger partial charge in [0.25, 0.3) is 0 Å². The molecular formula is C11H16N6. The van der Waals surface area contributed by atoms with E-state index in [1.165, 1.54) is 0 Å². The van der Waals surface area contributed by atoms with Gasteiger partial charge in [-0.1, -0.05) is 0 Å². The van der Waals surface area contributed by atoms with Crippen LogP contribution in [0.1, 0.15) is 12.7 Å². The summed E-state index contributed by atoms with van der Waals surface area (Å²) in [7, 11) is 0. The van der Waals surface area contributed by atoms with Crippen molar-refractivity contribution >= 4 is 11.6 Å².